The Bertz CT molecular complexity index is 456. The maximum Gasteiger partial charge on any atom is 0.331 e. The van der Waals surface area contributed by atoms with Gasteiger partial charge in [0.25, 0.3) is 0 Å². The number of hydrogen-bond acceptors (Lipinski definition) is 3. The van der Waals surface area contributed by atoms with E-state index in [0.717, 1.165) is 19.3 Å². The summed E-state index contributed by atoms with van der Waals surface area (Å²) in [5, 5.41) is 2.41. The molecule has 21 heavy (non-hydrogen) atoms. The molecule has 1 saturated heterocycles. The van der Waals surface area contributed by atoms with Crippen LogP contribution < -0.4 is 5.32 Å². The van der Waals surface area contributed by atoms with E-state index in [1.54, 1.807) is 0 Å². The minimum absolute atomic E-state index is 0.0909. The lowest BCUT2D eigenvalue weighted by molar-refractivity contribution is -0.155. The van der Waals surface area contributed by atoms with E-state index in [1.807, 2.05) is 13.8 Å². The van der Waals surface area contributed by atoms with Gasteiger partial charge in [-0.3, -0.25) is 19.8 Å². The monoisotopic (exact) mass is 294 g/mol. The quantitative estimate of drug-likeness (QED) is 0.814. The first-order valence-electron chi connectivity index (χ1n) is 8.08. The highest BCUT2D eigenvalue weighted by Crippen LogP contribution is 2.38. The Kier molecular flexibility index (Phi) is 4.40. The van der Waals surface area contributed by atoms with Crippen molar-refractivity contribution in [3.63, 3.8) is 0 Å². The summed E-state index contributed by atoms with van der Waals surface area (Å²) in [6.07, 6.45) is 3.84. The molecule has 1 aliphatic heterocycles. The van der Waals surface area contributed by atoms with E-state index < -0.39 is 17.4 Å². The van der Waals surface area contributed by atoms with Crippen LogP contribution >= 0.6 is 0 Å². The van der Waals surface area contributed by atoms with Crippen molar-refractivity contribution in [2.75, 3.05) is 0 Å². The summed E-state index contributed by atoms with van der Waals surface area (Å²) in [7, 11) is 0. The number of carbonyl (C=O) groups excluding carboxylic acids is 3. The average molecular weight is 294 g/mol. The Morgan fingerprint density at radius 1 is 1.14 bits per heavy atom. The van der Waals surface area contributed by atoms with Crippen LogP contribution in [0.2, 0.25) is 0 Å². The van der Waals surface area contributed by atoms with Gasteiger partial charge in [-0.15, -0.1) is 0 Å². The van der Waals surface area contributed by atoms with Gasteiger partial charge in [-0.2, -0.15) is 0 Å². The number of nitrogens with zero attached hydrogens (tertiary/aromatic N) is 1. The number of imide groups is 2. The van der Waals surface area contributed by atoms with Gasteiger partial charge in [0.05, 0.1) is 0 Å². The Balaban J connectivity index is 2.36. The molecular formula is C16H26N2O3. The predicted octanol–water partition coefficient (Wildman–Crippen LogP) is 2.70. The van der Waals surface area contributed by atoms with Gasteiger partial charge in [0.1, 0.15) is 5.41 Å². The molecule has 2 aliphatic rings. The van der Waals surface area contributed by atoms with Crippen molar-refractivity contribution in [1.29, 1.82) is 0 Å². The minimum atomic E-state index is -1.08. The van der Waals surface area contributed by atoms with Crippen molar-refractivity contribution in [2.24, 2.45) is 17.3 Å². The van der Waals surface area contributed by atoms with Gasteiger partial charge in [0.15, 0.2) is 0 Å². The van der Waals surface area contributed by atoms with E-state index >= 15 is 0 Å². The van der Waals surface area contributed by atoms with E-state index in [2.05, 4.69) is 19.2 Å². The Hall–Kier alpha value is -1.39. The molecule has 3 unspecified atom stereocenters. The van der Waals surface area contributed by atoms with Crippen LogP contribution in [0.3, 0.4) is 0 Å². The number of nitrogens with one attached hydrogen (secondary N) is 1. The van der Waals surface area contributed by atoms with E-state index in [-0.39, 0.29) is 17.9 Å². The summed E-state index contributed by atoms with van der Waals surface area (Å²) in [5.74, 6) is 0.0233. The van der Waals surface area contributed by atoms with Gasteiger partial charge in [-0.25, -0.2) is 4.79 Å². The molecule has 0 aromatic rings. The first-order valence-corrected chi connectivity index (χ1v) is 8.08. The molecule has 0 bridgehead atoms. The maximum absolute atomic E-state index is 12.9. The van der Waals surface area contributed by atoms with Crippen molar-refractivity contribution in [3.05, 3.63) is 0 Å². The van der Waals surface area contributed by atoms with E-state index in [4.69, 9.17) is 0 Å². The standard InChI is InChI=1S/C16H26N2O3/c1-5-16(6-2)13(19)17-15(21)18(14(16)20)12-9-7-8-10(3)11(12)4/h10-12H,5-9H2,1-4H3,(H,17,19,21). The fourth-order valence-electron chi connectivity index (χ4n) is 3.79. The molecule has 2 rings (SSSR count). The second-order valence-corrected chi connectivity index (χ2v) is 6.56. The lowest BCUT2D eigenvalue weighted by Crippen LogP contribution is -2.67. The molecular weight excluding hydrogens is 268 g/mol. The molecule has 0 spiro atoms. The Labute approximate surface area is 126 Å². The van der Waals surface area contributed by atoms with Crippen LogP contribution in [0.5, 0.6) is 0 Å². The van der Waals surface area contributed by atoms with E-state index in [1.165, 1.54) is 4.90 Å². The lowest BCUT2D eigenvalue weighted by Gasteiger charge is -2.46. The second-order valence-electron chi connectivity index (χ2n) is 6.56. The number of amides is 4. The van der Waals surface area contributed by atoms with Crippen LogP contribution in [0.1, 0.15) is 59.8 Å². The lowest BCUT2D eigenvalue weighted by atomic mass is 9.74. The van der Waals surface area contributed by atoms with Gasteiger partial charge >= 0.3 is 6.03 Å². The molecule has 1 heterocycles. The fourth-order valence-corrected chi connectivity index (χ4v) is 3.79. The summed E-state index contributed by atoms with van der Waals surface area (Å²) in [6, 6.07) is -0.625. The van der Waals surface area contributed by atoms with Gasteiger partial charge in [-0.1, -0.05) is 40.5 Å². The first-order chi connectivity index (χ1) is 9.89. The molecule has 5 heteroatoms. The summed E-state index contributed by atoms with van der Waals surface area (Å²) in [5.41, 5.74) is -1.08. The smallest absolute Gasteiger partial charge is 0.277 e. The van der Waals surface area contributed by atoms with Gasteiger partial charge < -0.3 is 0 Å². The molecule has 1 aliphatic carbocycles. The Morgan fingerprint density at radius 2 is 1.76 bits per heavy atom. The Morgan fingerprint density at radius 3 is 2.33 bits per heavy atom. The SMILES string of the molecule is CCC1(CC)C(=O)NC(=O)N(C2CCCC(C)C2C)C1=O. The number of rotatable bonds is 3. The van der Waals surface area contributed by atoms with Crippen LogP contribution in [-0.2, 0) is 9.59 Å². The van der Waals surface area contributed by atoms with Gasteiger partial charge in [0.2, 0.25) is 11.8 Å². The number of hydrogen-bond donors (Lipinski definition) is 1. The van der Waals surface area contributed by atoms with Crippen molar-refractivity contribution in [3.8, 4) is 0 Å². The average Bonchev–Trinajstić information content (AvgIpc) is 2.44. The first kappa shape index (κ1) is 16.0. The summed E-state index contributed by atoms with van der Waals surface area (Å²) in [4.78, 5) is 38.7. The molecule has 0 aromatic heterocycles. The summed E-state index contributed by atoms with van der Waals surface area (Å²) in [6.45, 7) is 7.94. The molecule has 2 fully saturated rings. The highest BCUT2D eigenvalue weighted by Gasteiger charge is 2.54. The highest BCUT2D eigenvalue weighted by atomic mass is 16.2. The molecule has 5 nitrogen and oxygen atoms in total. The second kappa shape index (κ2) is 5.78. The highest BCUT2D eigenvalue weighted by molar-refractivity contribution is 6.19. The number of urea groups is 1. The third-order valence-corrected chi connectivity index (χ3v) is 5.70. The van der Waals surface area contributed by atoms with Crippen molar-refractivity contribution in [2.45, 2.75) is 65.8 Å². The van der Waals surface area contributed by atoms with Gasteiger partial charge in [-0.05, 0) is 31.1 Å². The fraction of sp³-hybridized carbons (Fsp3) is 0.812. The zero-order valence-corrected chi connectivity index (χ0v) is 13.4. The summed E-state index contributed by atoms with van der Waals surface area (Å²) < 4.78 is 0. The third-order valence-electron chi connectivity index (χ3n) is 5.70. The van der Waals surface area contributed by atoms with Crippen molar-refractivity contribution >= 4 is 17.8 Å². The van der Waals surface area contributed by atoms with Crippen LogP contribution in [0, 0.1) is 17.3 Å². The van der Waals surface area contributed by atoms with E-state index in [0.29, 0.717) is 18.8 Å². The van der Waals surface area contributed by atoms with Crippen LogP contribution in [0.4, 0.5) is 4.79 Å². The van der Waals surface area contributed by atoms with Crippen LogP contribution in [0.25, 0.3) is 0 Å². The van der Waals surface area contributed by atoms with Crippen molar-refractivity contribution < 1.29 is 14.4 Å². The van der Waals surface area contributed by atoms with Gasteiger partial charge in [0, 0.05) is 6.04 Å². The topological polar surface area (TPSA) is 66.5 Å². The predicted molar refractivity (Wildman–Crippen MR) is 79.4 cm³/mol. The zero-order chi connectivity index (χ0) is 15.8. The molecule has 0 radical (unpaired) electrons. The van der Waals surface area contributed by atoms with E-state index in [9.17, 15) is 14.4 Å². The molecule has 0 aromatic carbocycles. The molecule has 3 atom stereocenters. The zero-order valence-electron chi connectivity index (χ0n) is 13.4. The normalized spacial score (nSPS) is 33.0. The molecule has 4 amide bonds. The minimum Gasteiger partial charge on any atom is -0.277 e. The maximum atomic E-state index is 12.9. The molecule has 1 N–H and O–H groups in total. The van der Waals surface area contributed by atoms with Crippen LogP contribution in [0.15, 0.2) is 0 Å². The van der Waals surface area contributed by atoms with Crippen LogP contribution in [-0.4, -0.2) is 28.8 Å². The number of barbiturate groups is 1. The van der Waals surface area contributed by atoms with Crippen molar-refractivity contribution in [1.82, 2.24) is 10.2 Å². The number of carbonyl (C=O) groups is 3. The molecule has 118 valence electrons. The third kappa shape index (κ3) is 2.36. The summed E-state index contributed by atoms with van der Waals surface area (Å²) >= 11 is 0. The molecule has 1 saturated carbocycles. The largest absolute Gasteiger partial charge is 0.331 e.